The van der Waals surface area contributed by atoms with Gasteiger partial charge in [-0.15, -0.1) is 0 Å². The maximum atomic E-state index is 2.23. The van der Waals surface area contributed by atoms with Crippen molar-refractivity contribution in [3.8, 4) is 0 Å². The fourth-order valence-electron chi connectivity index (χ4n) is 2.18. The van der Waals surface area contributed by atoms with Crippen molar-refractivity contribution < 1.29 is 20.4 Å². The fourth-order valence-corrected chi connectivity index (χ4v) is 4.48. The topological polar surface area (TPSA) is 0 Å². The van der Waals surface area contributed by atoms with Crippen molar-refractivity contribution in [1.29, 1.82) is 0 Å². The maximum absolute atomic E-state index is 2.23. The summed E-state index contributed by atoms with van der Waals surface area (Å²) in [5, 5.41) is 4.19. The first-order valence-electron chi connectivity index (χ1n) is 6.40. The van der Waals surface area contributed by atoms with Crippen LogP contribution >= 0.6 is 31.9 Å². The molecule has 2 radical (unpaired) electrons. The van der Waals surface area contributed by atoms with Crippen molar-refractivity contribution in [2.75, 3.05) is 0 Å². The molecule has 0 unspecified atom stereocenters. The Morgan fingerprint density at radius 1 is 0.429 bits per heavy atom. The van der Waals surface area contributed by atoms with Gasteiger partial charge in [-0.2, -0.15) is 0 Å². The van der Waals surface area contributed by atoms with E-state index in [4.69, 9.17) is 0 Å². The summed E-state index contributed by atoms with van der Waals surface area (Å²) in [6.07, 6.45) is 0. The van der Waals surface area contributed by atoms with Gasteiger partial charge in [-0.25, -0.2) is 0 Å². The van der Waals surface area contributed by atoms with Gasteiger partial charge in [0.1, 0.15) is 0 Å². The molecule has 106 valence electrons. The second-order valence-electron chi connectivity index (χ2n) is 4.34. The van der Waals surface area contributed by atoms with Crippen LogP contribution in [-0.2, 0) is 20.4 Å². The molecule has 3 rings (SSSR count). The summed E-state index contributed by atoms with van der Waals surface area (Å²) in [5.74, 6) is 0. The van der Waals surface area contributed by atoms with Crippen molar-refractivity contribution in [2.45, 2.75) is 0 Å². The number of halogens is 1. The first-order valence-corrected chi connectivity index (χ1v) is 7.74. The maximum Gasteiger partial charge on any atom is 0 e. The predicted molar refractivity (Wildman–Crippen MR) is 99.2 cm³/mol. The van der Waals surface area contributed by atoms with E-state index in [0.717, 1.165) is 0 Å². The minimum absolute atomic E-state index is 0. The van der Waals surface area contributed by atoms with Gasteiger partial charge in [0.05, 0.1) is 0 Å². The minimum atomic E-state index is -0.446. The van der Waals surface area contributed by atoms with Crippen molar-refractivity contribution >= 4 is 47.8 Å². The van der Waals surface area contributed by atoms with E-state index in [1.807, 2.05) is 0 Å². The molecule has 3 aromatic carbocycles. The Morgan fingerprint density at radius 2 is 0.667 bits per heavy atom. The van der Waals surface area contributed by atoms with E-state index < -0.39 is 7.92 Å². The second kappa shape index (κ2) is 9.49. The Labute approximate surface area is 158 Å². The van der Waals surface area contributed by atoms with Crippen molar-refractivity contribution in [2.24, 2.45) is 0 Å². The van der Waals surface area contributed by atoms with Crippen LogP contribution < -0.4 is 15.9 Å². The fraction of sp³-hybridized carbons (Fsp3) is 0. The Balaban J connectivity index is 0.00000110. The van der Waals surface area contributed by atoms with E-state index in [1.54, 1.807) is 0 Å². The molecule has 0 bridgehead atoms. The minimum Gasteiger partial charge on any atom is -0.0622 e. The van der Waals surface area contributed by atoms with Crippen LogP contribution in [0.5, 0.6) is 0 Å². The summed E-state index contributed by atoms with van der Waals surface area (Å²) < 4.78 is 0. The molecule has 0 aliphatic heterocycles. The summed E-state index contributed by atoms with van der Waals surface area (Å²) >= 11 is 0. The van der Waals surface area contributed by atoms with Gasteiger partial charge in [-0.05, 0) is 23.8 Å². The molecule has 0 aliphatic rings. The molecule has 0 N–H and O–H groups in total. The molecule has 0 nitrogen and oxygen atoms in total. The van der Waals surface area contributed by atoms with E-state index in [2.05, 4.69) is 91.0 Å². The van der Waals surface area contributed by atoms with Crippen molar-refractivity contribution in [3.05, 3.63) is 91.0 Å². The monoisotopic (exact) mass is 576 g/mol. The van der Waals surface area contributed by atoms with Gasteiger partial charge in [-0.1, -0.05) is 91.0 Å². The van der Waals surface area contributed by atoms with Crippen LogP contribution in [0.15, 0.2) is 91.0 Å². The molecule has 0 saturated carbocycles. The first-order chi connectivity index (χ1) is 9.45. The van der Waals surface area contributed by atoms with Crippen molar-refractivity contribution in [3.63, 3.8) is 0 Å². The second-order valence-corrected chi connectivity index (χ2v) is 6.56. The summed E-state index contributed by atoms with van der Waals surface area (Å²) in [6.45, 7) is 0. The van der Waals surface area contributed by atoms with Gasteiger partial charge < -0.3 is 0 Å². The number of hydrogen-bond donors (Lipinski definition) is 0. The zero-order valence-electron chi connectivity index (χ0n) is 11.4. The zero-order chi connectivity index (χ0) is 12.9. The van der Waals surface area contributed by atoms with Crippen LogP contribution in [0, 0.1) is 0 Å². The molecular weight excluding hydrogens is 560 g/mol. The Bertz CT molecular complexity index is 535. The average molecular weight is 575 g/mol. The molecular formula is C18H15IPRe. The van der Waals surface area contributed by atoms with E-state index >= 15 is 0 Å². The normalized spacial score (nSPS) is 9.57. The van der Waals surface area contributed by atoms with Crippen LogP contribution in [0.4, 0.5) is 0 Å². The molecule has 0 fully saturated rings. The van der Waals surface area contributed by atoms with E-state index in [1.165, 1.54) is 15.9 Å². The van der Waals surface area contributed by atoms with Crippen LogP contribution in [0.3, 0.4) is 0 Å². The summed E-state index contributed by atoms with van der Waals surface area (Å²) in [6, 6.07) is 32.3. The molecule has 0 spiro atoms. The first kappa shape index (κ1) is 18.5. The van der Waals surface area contributed by atoms with Crippen LogP contribution in [0.25, 0.3) is 0 Å². The van der Waals surface area contributed by atoms with Crippen LogP contribution in [-0.4, -0.2) is 0 Å². The van der Waals surface area contributed by atoms with Gasteiger partial charge >= 0.3 is 0 Å². The van der Waals surface area contributed by atoms with Crippen molar-refractivity contribution in [1.82, 2.24) is 0 Å². The Kier molecular flexibility index (Phi) is 8.37. The standard InChI is InChI=1S/C18H15P.I.Re/c1-4-10-16(11-5-1)19(17-12-6-2-7-13-17)18-14-8-3-9-15-18;;/h1-15H;;. The third-order valence-electron chi connectivity index (χ3n) is 3.04. The molecule has 3 aromatic rings. The SMILES string of the molecule is [I].[Re].c1ccc(P(c2ccccc2)c2ccccc2)cc1. The van der Waals surface area contributed by atoms with Gasteiger partial charge in [0.2, 0.25) is 0 Å². The average Bonchev–Trinajstić information content (AvgIpc) is 2.51. The molecule has 21 heavy (non-hydrogen) atoms. The van der Waals surface area contributed by atoms with E-state index in [-0.39, 0.29) is 44.4 Å². The molecule has 0 aliphatic carbocycles. The van der Waals surface area contributed by atoms with Gasteiger partial charge in [0.15, 0.2) is 0 Å². The smallest absolute Gasteiger partial charge is 0 e. The zero-order valence-corrected chi connectivity index (χ0v) is 17.1. The Morgan fingerprint density at radius 3 is 0.905 bits per heavy atom. The quantitative estimate of drug-likeness (QED) is 0.323. The largest absolute Gasteiger partial charge is 0.0622 e. The molecule has 0 saturated heterocycles. The third kappa shape index (κ3) is 4.73. The van der Waals surface area contributed by atoms with Crippen LogP contribution in [0.2, 0.25) is 0 Å². The summed E-state index contributed by atoms with van der Waals surface area (Å²) in [4.78, 5) is 0. The third-order valence-corrected chi connectivity index (χ3v) is 5.49. The Hall–Kier alpha value is -0.518. The van der Waals surface area contributed by atoms with E-state index in [9.17, 15) is 0 Å². The van der Waals surface area contributed by atoms with Gasteiger partial charge in [-0.3, -0.25) is 0 Å². The number of benzene rings is 3. The molecule has 0 atom stereocenters. The van der Waals surface area contributed by atoms with Gasteiger partial charge in [0, 0.05) is 44.4 Å². The number of hydrogen-bond acceptors (Lipinski definition) is 0. The van der Waals surface area contributed by atoms with E-state index in [0.29, 0.717) is 0 Å². The van der Waals surface area contributed by atoms with Gasteiger partial charge in [0.25, 0.3) is 0 Å². The van der Waals surface area contributed by atoms with Crippen LogP contribution in [0.1, 0.15) is 0 Å². The molecule has 0 aromatic heterocycles. The summed E-state index contributed by atoms with van der Waals surface area (Å²) in [5.41, 5.74) is 0. The number of rotatable bonds is 3. The molecule has 0 amide bonds. The molecule has 0 heterocycles. The summed E-state index contributed by atoms with van der Waals surface area (Å²) in [7, 11) is -0.446. The molecule has 3 heteroatoms. The predicted octanol–water partition coefficient (Wildman–Crippen LogP) is 4.33.